The largest absolute Gasteiger partial charge is 0.497 e. The van der Waals surface area contributed by atoms with Crippen LogP contribution in [0.25, 0.3) is 6.08 Å². The summed E-state index contributed by atoms with van der Waals surface area (Å²) in [6.07, 6.45) is 1.81. The van der Waals surface area contributed by atoms with Crippen LogP contribution in [-0.4, -0.2) is 37.5 Å². The van der Waals surface area contributed by atoms with Crippen molar-refractivity contribution in [3.8, 4) is 17.2 Å². The normalized spacial score (nSPS) is 14.6. The van der Waals surface area contributed by atoms with E-state index in [-0.39, 0.29) is 12.2 Å². The number of benzene rings is 3. The zero-order valence-corrected chi connectivity index (χ0v) is 25.8. The molecule has 43 heavy (non-hydrogen) atoms. The molecule has 4 aromatic rings. The van der Waals surface area contributed by atoms with Crippen molar-refractivity contribution in [3.63, 3.8) is 0 Å². The highest BCUT2D eigenvalue weighted by atomic mass is 35.5. The van der Waals surface area contributed by atoms with Gasteiger partial charge in [-0.05, 0) is 86.0 Å². The number of halogens is 1. The van der Waals surface area contributed by atoms with Gasteiger partial charge in [-0.1, -0.05) is 47.2 Å². The molecule has 0 bridgehead atoms. The maximum absolute atomic E-state index is 13.8. The van der Waals surface area contributed by atoms with Gasteiger partial charge in [0.05, 0.1) is 35.6 Å². The monoisotopic (exact) mass is 618 g/mol. The average molecular weight is 619 g/mol. The van der Waals surface area contributed by atoms with E-state index in [4.69, 9.17) is 30.5 Å². The standard InChI is InChI=1S/C33H31ClN2O6S/c1-5-40-32(38)29-21(3)35-33-36(30(29)23-8-12-24(39-4)13-9-23)31(37)28(43-33)19-22-6-10-25(11-7-22)41-16-17-42-26-14-15-27(34)20(2)18-26/h6-15,18-19,30H,5,16-17H2,1-4H3/b28-19-/t30-/m1/s1. The highest BCUT2D eigenvalue weighted by molar-refractivity contribution is 7.07. The van der Waals surface area contributed by atoms with Crippen LogP contribution in [0, 0.1) is 6.92 Å². The zero-order valence-electron chi connectivity index (χ0n) is 24.3. The first-order valence-electron chi connectivity index (χ1n) is 13.7. The number of methoxy groups -OCH3 is 1. The second kappa shape index (κ2) is 13.3. The predicted octanol–water partition coefficient (Wildman–Crippen LogP) is 5.23. The maximum Gasteiger partial charge on any atom is 0.338 e. The van der Waals surface area contributed by atoms with Gasteiger partial charge in [-0.25, -0.2) is 9.79 Å². The Labute approximate surface area is 258 Å². The lowest BCUT2D eigenvalue weighted by atomic mass is 9.96. The molecular weight excluding hydrogens is 588 g/mol. The van der Waals surface area contributed by atoms with Gasteiger partial charge in [-0.2, -0.15) is 0 Å². The minimum absolute atomic E-state index is 0.212. The van der Waals surface area contributed by atoms with Gasteiger partial charge >= 0.3 is 5.97 Å². The third-order valence-corrected chi connectivity index (χ3v) is 8.28. The molecule has 3 aromatic carbocycles. The van der Waals surface area contributed by atoms with Crippen LogP contribution >= 0.6 is 22.9 Å². The smallest absolute Gasteiger partial charge is 0.338 e. The van der Waals surface area contributed by atoms with Gasteiger partial charge in [0.15, 0.2) is 4.80 Å². The number of thiazole rings is 1. The van der Waals surface area contributed by atoms with Crippen molar-refractivity contribution in [2.24, 2.45) is 4.99 Å². The molecule has 1 aromatic heterocycles. The highest BCUT2D eigenvalue weighted by Crippen LogP contribution is 2.31. The van der Waals surface area contributed by atoms with Crippen LogP contribution in [0.2, 0.25) is 5.02 Å². The molecule has 8 nitrogen and oxygen atoms in total. The fourth-order valence-electron chi connectivity index (χ4n) is 4.73. The quantitative estimate of drug-likeness (QED) is 0.179. The molecular formula is C33H31ClN2O6S. The van der Waals surface area contributed by atoms with E-state index in [2.05, 4.69) is 4.99 Å². The minimum atomic E-state index is -0.682. The van der Waals surface area contributed by atoms with Crippen LogP contribution in [-0.2, 0) is 9.53 Å². The molecule has 0 amide bonds. The molecule has 0 aliphatic carbocycles. The van der Waals surface area contributed by atoms with E-state index in [1.165, 1.54) is 11.3 Å². The Kier molecular flexibility index (Phi) is 9.33. The molecule has 1 atom stereocenters. The van der Waals surface area contributed by atoms with E-state index < -0.39 is 12.0 Å². The number of carbonyl (C=O) groups excluding carboxylic acids is 1. The van der Waals surface area contributed by atoms with E-state index in [1.54, 1.807) is 37.7 Å². The summed E-state index contributed by atoms with van der Waals surface area (Å²) in [7, 11) is 1.59. The summed E-state index contributed by atoms with van der Waals surface area (Å²) >= 11 is 7.34. The number of aryl methyl sites for hydroxylation is 1. The van der Waals surface area contributed by atoms with Gasteiger partial charge in [-0.15, -0.1) is 0 Å². The number of aromatic nitrogens is 1. The van der Waals surface area contributed by atoms with Crippen molar-refractivity contribution in [1.29, 1.82) is 0 Å². The Balaban J connectivity index is 1.37. The minimum Gasteiger partial charge on any atom is -0.497 e. The SMILES string of the molecule is CCOC(=O)C1=C(C)N=c2s/c(=C\c3ccc(OCCOc4ccc(Cl)c(C)c4)cc3)c(=O)n2[C@@H]1c1ccc(OC)cc1. The van der Waals surface area contributed by atoms with Crippen LogP contribution in [0.5, 0.6) is 17.2 Å². The Hall–Kier alpha value is -4.34. The number of nitrogens with zero attached hydrogens (tertiary/aromatic N) is 2. The number of rotatable bonds is 10. The Bertz CT molecular complexity index is 1840. The third kappa shape index (κ3) is 6.68. The van der Waals surface area contributed by atoms with Gasteiger partial charge in [0, 0.05) is 5.02 Å². The van der Waals surface area contributed by atoms with Gasteiger partial charge < -0.3 is 18.9 Å². The Morgan fingerprint density at radius 1 is 0.977 bits per heavy atom. The van der Waals surface area contributed by atoms with Gasteiger partial charge in [0.1, 0.15) is 30.5 Å². The first-order chi connectivity index (χ1) is 20.8. The van der Waals surface area contributed by atoms with E-state index in [1.807, 2.05) is 67.6 Å². The second-order valence-corrected chi connectivity index (χ2v) is 11.2. The molecule has 0 saturated heterocycles. The number of carbonyl (C=O) groups is 1. The third-order valence-electron chi connectivity index (χ3n) is 6.88. The lowest BCUT2D eigenvalue weighted by molar-refractivity contribution is -0.139. The molecule has 5 rings (SSSR count). The summed E-state index contributed by atoms with van der Waals surface area (Å²) in [4.78, 5) is 32.0. The molecule has 0 fully saturated rings. The Morgan fingerprint density at radius 3 is 2.28 bits per heavy atom. The van der Waals surface area contributed by atoms with Crippen LogP contribution in [0.3, 0.4) is 0 Å². The summed E-state index contributed by atoms with van der Waals surface area (Å²) in [5.41, 5.74) is 3.14. The van der Waals surface area contributed by atoms with Crippen LogP contribution in [0.1, 0.15) is 36.6 Å². The van der Waals surface area contributed by atoms with Crippen LogP contribution < -0.4 is 29.1 Å². The van der Waals surface area contributed by atoms with Crippen molar-refractivity contribution in [3.05, 3.63) is 119 Å². The summed E-state index contributed by atoms with van der Waals surface area (Å²) in [6.45, 7) is 6.40. The van der Waals surface area contributed by atoms with Gasteiger partial charge in [0.2, 0.25) is 0 Å². The molecule has 1 aliphatic rings. The van der Waals surface area contributed by atoms with E-state index in [0.29, 0.717) is 50.3 Å². The molecule has 0 N–H and O–H groups in total. The summed E-state index contributed by atoms with van der Waals surface area (Å²) in [5, 5.41) is 0.700. The number of hydrogen-bond acceptors (Lipinski definition) is 8. The highest BCUT2D eigenvalue weighted by Gasteiger charge is 2.33. The molecule has 0 spiro atoms. The van der Waals surface area contributed by atoms with Crippen molar-refractivity contribution in [2.45, 2.75) is 26.8 Å². The van der Waals surface area contributed by atoms with Crippen molar-refractivity contribution in [2.75, 3.05) is 26.9 Å². The van der Waals surface area contributed by atoms with Gasteiger partial charge in [0.25, 0.3) is 5.56 Å². The van der Waals surface area contributed by atoms with Crippen molar-refractivity contribution < 1.29 is 23.7 Å². The maximum atomic E-state index is 13.8. The predicted molar refractivity (Wildman–Crippen MR) is 167 cm³/mol. The lowest BCUT2D eigenvalue weighted by Gasteiger charge is -2.24. The van der Waals surface area contributed by atoms with Crippen LogP contribution in [0.4, 0.5) is 0 Å². The second-order valence-electron chi connectivity index (χ2n) is 9.75. The van der Waals surface area contributed by atoms with Crippen molar-refractivity contribution >= 4 is 35.0 Å². The molecule has 10 heteroatoms. The summed E-state index contributed by atoms with van der Waals surface area (Å²) in [6, 6.07) is 19.6. The van der Waals surface area contributed by atoms with E-state index in [0.717, 1.165) is 22.4 Å². The number of esters is 1. The van der Waals surface area contributed by atoms with Crippen LogP contribution in [0.15, 0.2) is 87.8 Å². The molecule has 0 unspecified atom stereocenters. The molecule has 0 saturated carbocycles. The van der Waals surface area contributed by atoms with E-state index >= 15 is 0 Å². The van der Waals surface area contributed by atoms with Crippen molar-refractivity contribution in [1.82, 2.24) is 4.57 Å². The topological polar surface area (TPSA) is 88.4 Å². The molecule has 1 aliphatic heterocycles. The zero-order chi connectivity index (χ0) is 30.5. The number of hydrogen-bond donors (Lipinski definition) is 0. The average Bonchev–Trinajstić information content (AvgIpc) is 3.31. The molecule has 222 valence electrons. The molecule has 0 radical (unpaired) electrons. The number of ether oxygens (including phenoxy) is 4. The van der Waals surface area contributed by atoms with E-state index in [9.17, 15) is 9.59 Å². The summed E-state index contributed by atoms with van der Waals surface area (Å²) in [5.74, 6) is 1.60. The lowest BCUT2D eigenvalue weighted by Crippen LogP contribution is -2.39. The number of fused-ring (bicyclic) bond motifs is 1. The fourth-order valence-corrected chi connectivity index (χ4v) is 5.89. The first-order valence-corrected chi connectivity index (χ1v) is 14.9. The fraction of sp³-hybridized carbons (Fsp3) is 0.242. The molecule has 2 heterocycles. The van der Waals surface area contributed by atoms with Gasteiger partial charge in [-0.3, -0.25) is 9.36 Å². The first kappa shape index (κ1) is 30.1. The number of allylic oxidation sites excluding steroid dienone is 1. The summed E-state index contributed by atoms with van der Waals surface area (Å²) < 4.78 is 24.3. The Morgan fingerprint density at radius 2 is 1.63 bits per heavy atom.